The SMILES string of the molecule is CCCNCc1cc(Cn2cc(C(F)(F)F)cn2)oc1C. The van der Waals surface area contributed by atoms with Crippen molar-refractivity contribution in [1.29, 1.82) is 0 Å². The fourth-order valence-corrected chi connectivity index (χ4v) is 2.00. The van der Waals surface area contributed by atoms with E-state index in [1.807, 2.05) is 13.0 Å². The van der Waals surface area contributed by atoms with E-state index in [4.69, 9.17) is 4.42 Å². The molecule has 0 aliphatic carbocycles. The molecular formula is C14H18F3N3O. The van der Waals surface area contributed by atoms with Crippen LogP contribution in [0.2, 0.25) is 0 Å². The van der Waals surface area contributed by atoms with E-state index in [2.05, 4.69) is 17.3 Å². The van der Waals surface area contributed by atoms with Gasteiger partial charge in [-0.15, -0.1) is 0 Å². The van der Waals surface area contributed by atoms with Crippen molar-refractivity contribution in [2.24, 2.45) is 0 Å². The smallest absolute Gasteiger partial charge is 0.419 e. The summed E-state index contributed by atoms with van der Waals surface area (Å²) in [6.07, 6.45) is -1.53. The average Bonchev–Trinajstić information content (AvgIpc) is 2.97. The predicted molar refractivity (Wildman–Crippen MR) is 71.8 cm³/mol. The largest absolute Gasteiger partial charge is 0.464 e. The topological polar surface area (TPSA) is 43.0 Å². The molecule has 2 rings (SSSR count). The summed E-state index contributed by atoms with van der Waals surface area (Å²) in [7, 11) is 0. The van der Waals surface area contributed by atoms with E-state index in [1.165, 1.54) is 4.68 Å². The van der Waals surface area contributed by atoms with Crippen LogP contribution in [0.3, 0.4) is 0 Å². The second-order valence-corrected chi connectivity index (χ2v) is 4.90. The predicted octanol–water partition coefficient (Wildman–Crippen LogP) is 3.35. The van der Waals surface area contributed by atoms with Crippen molar-refractivity contribution in [1.82, 2.24) is 15.1 Å². The van der Waals surface area contributed by atoms with Crippen molar-refractivity contribution in [2.75, 3.05) is 6.54 Å². The summed E-state index contributed by atoms with van der Waals surface area (Å²) in [5.41, 5.74) is 0.261. The third-order valence-corrected chi connectivity index (χ3v) is 3.09. The van der Waals surface area contributed by atoms with Crippen LogP contribution in [0.5, 0.6) is 0 Å². The highest BCUT2D eigenvalue weighted by Crippen LogP contribution is 2.28. The zero-order valence-corrected chi connectivity index (χ0v) is 12.0. The average molecular weight is 301 g/mol. The Hall–Kier alpha value is -1.76. The summed E-state index contributed by atoms with van der Waals surface area (Å²) in [5, 5.41) is 6.98. The van der Waals surface area contributed by atoms with E-state index < -0.39 is 11.7 Å². The first kappa shape index (κ1) is 15.6. The van der Waals surface area contributed by atoms with Crippen LogP contribution >= 0.6 is 0 Å². The van der Waals surface area contributed by atoms with E-state index in [0.717, 1.165) is 36.7 Å². The van der Waals surface area contributed by atoms with Gasteiger partial charge >= 0.3 is 6.18 Å². The maximum atomic E-state index is 12.5. The van der Waals surface area contributed by atoms with Gasteiger partial charge in [0.15, 0.2) is 0 Å². The maximum absolute atomic E-state index is 12.5. The molecule has 2 aromatic heterocycles. The Balaban J connectivity index is 2.03. The van der Waals surface area contributed by atoms with Gasteiger partial charge in [0.1, 0.15) is 11.5 Å². The molecule has 0 aliphatic heterocycles. The van der Waals surface area contributed by atoms with Crippen molar-refractivity contribution < 1.29 is 17.6 Å². The fourth-order valence-electron chi connectivity index (χ4n) is 2.00. The zero-order chi connectivity index (χ0) is 15.5. The van der Waals surface area contributed by atoms with Crippen LogP contribution in [-0.2, 0) is 19.3 Å². The monoisotopic (exact) mass is 301 g/mol. The summed E-state index contributed by atoms with van der Waals surface area (Å²) in [6, 6.07) is 1.85. The van der Waals surface area contributed by atoms with Crippen LogP contribution in [0, 0.1) is 6.92 Å². The van der Waals surface area contributed by atoms with Gasteiger partial charge in [0, 0.05) is 18.3 Å². The second kappa shape index (κ2) is 6.34. The standard InChI is InChI=1S/C14H18F3N3O/c1-3-4-18-6-11-5-13(21-10(11)2)9-20-8-12(7-19-20)14(15,16)17/h5,7-8,18H,3-4,6,9H2,1-2H3. The summed E-state index contributed by atoms with van der Waals surface area (Å²) < 4.78 is 44.3. The minimum atomic E-state index is -4.37. The van der Waals surface area contributed by atoms with Crippen LogP contribution in [-0.4, -0.2) is 16.3 Å². The van der Waals surface area contributed by atoms with Gasteiger partial charge in [-0.2, -0.15) is 18.3 Å². The first-order chi connectivity index (χ1) is 9.90. The number of furan rings is 1. The molecule has 0 fully saturated rings. The normalized spacial score (nSPS) is 12.0. The molecule has 0 radical (unpaired) electrons. The molecule has 0 aliphatic rings. The molecule has 0 spiro atoms. The molecule has 0 amide bonds. The van der Waals surface area contributed by atoms with Crippen molar-refractivity contribution in [2.45, 2.75) is 39.5 Å². The molecule has 21 heavy (non-hydrogen) atoms. The summed E-state index contributed by atoms with van der Waals surface area (Å²) in [5.74, 6) is 1.37. The van der Waals surface area contributed by atoms with E-state index in [1.54, 1.807) is 0 Å². The molecule has 116 valence electrons. The quantitative estimate of drug-likeness (QED) is 0.832. The molecule has 0 unspecified atom stereocenters. The van der Waals surface area contributed by atoms with E-state index in [9.17, 15) is 13.2 Å². The number of nitrogens with one attached hydrogen (secondary N) is 1. The molecule has 4 nitrogen and oxygen atoms in total. The van der Waals surface area contributed by atoms with Gasteiger partial charge in [-0.25, -0.2) is 0 Å². The molecule has 2 heterocycles. The summed E-state index contributed by atoms with van der Waals surface area (Å²) >= 11 is 0. The minimum Gasteiger partial charge on any atom is -0.464 e. The zero-order valence-electron chi connectivity index (χ0n) is 12.0. The number of hydrogen-bond donors (Lipinski definition) is 1. The highest BCUT2D eigenvalue weighted by Gasteiger charge is 2.32. The van der Waals surface area contributed by atoms with Crippen LogP contribution in [0.25, 0.3) is 0 Å². The number of alkyl halides is 3. The third kappa shape index (κ3) is 4.10. The van der Waals surface area contributed by atoms with Gasteiger partial charge in [-0.1, -0.05) is 6.92 Å². The molecule has 0 atom stereocenters. The van der Waals surface area contributed by atoms with Crippen molar-refractivity contribution >= 4 is 0 Å². The number of hydrogen-bond acceptors (Lipinski definition) is 3. The van der Waals surface area contributed by atoms with Crippen LogP contribution in [0.4, 0.5) is 13.2 Å². The van der Waals surface area contributed by atoms with Gasteiger partial charge in [0.2, 0.25) is 0 Å². The highest BCUT2D eigenvalue weighted by molar-refractivity contribution is 5.21. The molecule has 1 N–H and O–H groups in total. The Labute approximate surface area is 120 Å². The Bertz CT molecular complexity index is 587. The van der Waals surface area contributed by atoms with Gasteiger partial charge < -0.3 is 9.73 Å². The van der Waals surface area contributed by atoms with Gasteiger partial charge in [-0.05, 0) is 26.0 Å². The molecule has 7 heteroatoms. The summed E-state index contributed by atoms with van der Waals surface area (Å²) in [4.78, 5) is 0. The molecule has 0 aromatic carbocycles. The van der Waals surface area contributed by atoms with Crippen LogP contribution in [0.1, 0.15) is 36.0 Å². The van der Waals surface area contributed by atoms with Gasteiger partial charge in [0.25, 0.3) is 0 Å². The van der Waals surface area contributed by atoms with E-state index in [-0.39, 0.29) is 6.54 Å². The van der Waals surface area contributed by atoms with Gasteiger partial charge in [0.05, 0.1) is 18.3 Å². The fraction of sp³-hybridized carbons (Fsp3) is 0.500. The van der Waals surface area contributed by atoms with Crippen molar-refractivity contribution in [3.05, 3.63) is 41.1 Å². The lowest BCUT2D eigenvalue weighted by Crippen LogP contribution is -2.13. The van der Waals surface area contributed by atoms with Crippen molar-refractivity contribution in [3.63, 3.8) is 0 Å². The van der Waals surface area contributed by atoms with Crippen molar-refractivity contribution in [3.8, 4) is 0 Å². The Morgan fingerprint density at radius 2 is 2.14 bits per heavy atom. The Morgan fingerprint density at radius 3 is 2.76 bits per heavy atom. The first-order valence-electron chi connectivity index (χ1n) is 6.78. The lowest BCUT2D eigenvalue weighted by Gasteiger charge is -2.01. The lowest BCUT2D eigenvalue weighted by molar-refractivity contribution is -0.137. The molecule has 0 bridgehead atoms. The lowest BCUT2D eigenvalue weighted by atomic mass is 10.2. The molecule has 0 saturated heterocycles. The third-order valence-electron chi connectivity index (χ3n) is 3.09. The first-order valence-corrected chi connectivity index (χ1v) is 6.78. The van der Waals surface area contributed by atoms with Crippen LogP contribution < -0.4 is 5.32 Å². The molecular weight excluding hydrogens is 283 g/mol. The molecule has 2 aromatic rings. The number of halogens is 3. The minimum absolute atomic E-state index is 0.185. The number of aryl methyl sites for hydroxylation is 1. The van der Waals surface area contributed by atoms with Gasteiger partial charge in [-0.3, -0.25) is 4.68 Å². The van der Waals surface area contributed by atoms with E-state index in [0.29, 0.717) is 12.3 Å². The van der Waals surface area contributed by atoms with Crippen LogP contribution in [0.15, 0.2) is 22.9 Å². The number of rotatable bonds is 6. The highest BCUT2D eigenvalue weighted by atomic mass is 19.4. The second-order valence-electron chi connectivity index (χ2n) is 4.90. The Morgan fingerprint density at radius 1 is 1.38 bits per heavy atom. The molecule has 0 saturated carbocycles. The van der Waals surface area contributed by atoms with E-state index >= 15 is 0 Å². The Kier molecular flexibility index (Phi) is 4.72. The maximum Gasteiger partial charge on any atom is 0.419 e. The number of nitrogens with zero attached hydrogens (tertiary/aromatic N) is 2. The number of aromatic nitrogens is 2. The summed E-state index contributed by atoms with van der Waals surface area (Å²) in [6.45, 7) is 5.71.